The first-order valence-corrected chi connectivity index (χ1v) is 5.84. The molecule has 1 unspecified atom stereocenters. The van der Waals surface area contributed by atoms with E-state index in [0.717, 1.165) is 0 Å². The Morgan fingerprint density at radius 3 is 1.81 bits per heavy atom. The van der Waals surface area contributed by atoms with Crippen LogP contribution in [0.15, 0.2) is 0 Å². The van der Waals surface area contributed by atoms with E-state index in [9.17, 15) is 5.11 Å². The van der Waals surface area contributed by atoms with E-state index >= 15 is 0 Å². The van der Waals surface area contributed by atoms with Gasteiger partial charge in [0.05, 0.1) is 23.9 Å². The maximum atomic E-state index is 9.39. The van der Waals surface area contributed by atoms with Crippen LogP contribution in [0.5, 0.6) is 0 Å². The van der Waals surface area contributed by atoms with Gasteiger partial charge in [0.15, 0.2) is 0 Å². The highest BCUT2D eigenvalue weighted by Gasteiger charge is 2.41. The number of methoxy groups -OCH3 is 1. The molecule has 98 valence electrons. The third kappa shape index (κ3) is 3.44. The molecule has 3 heteroatoms. The van der Waals surface area contributed by atoms with Gasteiger partial charge in [0.25, 0.3) is 0 Å². The first kappa shape index (κ1) is 15.9. The molecule has 0 heterocycles. The van der Waals surface area contributed by atoms with E-state index in [1.807, 2.05) is 48.5 Å². The van der Waals surface area contributed by atoms with E-state index in [2.05, 4.69) is 0 Å². The number of rotatable bonds is 6. The van der Waals surface area contributed by atoms with Crippen LogP contribution in [0.25, 0.3) is 0 Å². The highest BCUT2D eigenvalue weighted by molar-refractivity contribution is 4.90. The van der Waals surface area contributed by atoms with Crippen LogP contribution in [-0.2, 0) is 9.47 Å². The van der Waals surface area contributed by atoms with Crippen LogP contribution >= 0.6 is 0 Å². The lowest BCUT2D eigenvalue weighted by Crippen LogP contribution is -2.50. The smallest absolute Gasteiger partial charge is 0.0880 e. The molecular weight excluding hydrogens is 204 g/mol. The third-order valence-electron chi connectivity index (χ3n) is 4.00. The standard InChI is InChI=1S/C13H28O3/c1-10(12(4,5)15-8)16-13(6,7)11(2,3)9-14/h10,14H,9H2,1-8H3. The molecular formula is C13H28O3. The molecule has 0 aromatic heterocycles. The van der Waals surface area contributed by atoms with E-state index in [1.54, 1.807) is 7.11 Å². The SMILES string of the molecule is COC(C)(C)C(C)OC(C)(C)C(C)(C)CO. The van der Waals surface area contributed by atoms with Crippen molar-refractivity contribution in [3.63, 3.8) is 0 Å². The molecule has 0 fully saturated rings. The highest BCUT2D eigenvalue weighted by Crippen LogP contribution is 2.36. The Bertz CT molecular complexity index is 219. The summed E-state index contributed by atoms with van der Waals surface area (Å²) in [5.41, 5.74) is -1.02. The van der Waals surface area contributed by atoms with Gasteiger partial charge in [-0.25, -0.2) is 0 Å². The summed E-state index contributed by atoms with van der Waals surface area (Å²) in [6.45, 7) is 14.1. The topological polar surface area (TPSA) is 38.7 Å². The van der Waals surface area contributed by atoms with E-state index in [1.165, 1.54) is 0 Å². The monoisotopic (exact) mass is 232 g/mol. The average Bonchev–Trinajstić information content (AvgIpc) is 2.16. The normalized spacial score (nSPS) is 16.3. The van der Waals surface area contributed by atoms with Crippen molar-refractivity contribution in [3.05, 3.63) is 0 Å². The van der Waals surface area contributed by atoms with Gasteiger partial charge in [-0.3, -0.25) is 0 Å². The quantitative estimate of drug-likeness (QED) is 0.765. The Hall–Kier alpha value is -0.120. The molecule has 0 bridgehead atoms. The van der Waals surface area contributed by atoms with Crippen molar-refractivity contribution in [1.29, 1.82) is 0 Å². The number of hydrogen-bond donors (Lipinski definition) is 1. The van der Waals surface area contributed by atoms with Gasteiger partial charge in [-0.15, -0.1) is 0 Å². The van der Waals surface area contributed by atoms with Gasteiger partial charge >= 0.3 is 0 Å². The summed E-state index contributed by atoms with van der Waals surface area (Å²) in [5.74, 6) is 0. The van der Waals surface area contributed by atoms with E-state index < -0.39 is 5.60 Å². The number of ether oxygens (including phenoxy) is 2. The second kappa shape index (κ2) is 5.03. The van der Waals surface area contributed by atoms with Gasteiger partial charge in [-0.2, -0.15) is 0 Å². The minimum atomic E-state index is -0.406. The predicted octanol–water partition coefficient (Wildman–Crippen LogP) is 2.61. The van der Waals surface area contributed by atoms with Gasteiger partial charge < -0.3 is 14.6 Å². The van der Waals surface area contributed by atoms with Crippen molar-refractivity contribution in [2.24, 2.45) is 5.41 Å². The first-order valence-electron chi connectivity index (χ1n) is 5.84. The van der Waals surface area contributed by atoms with Gasteiger partial charge in [-0.05, 0) is 34.6 Å². The van der Waals surface area contributed by atoms with Crippen molar-refractivity contribution in [2.45, 2.75) is 65.8 Å². The van der Waals surface area contributed by atoms with Crippen LogP contribution in [0.4, 0.5) is 0 Å². The molecule has 0 spiro atoms. The molecule has 0 radical (unpaired) electrons. The van der Waals surface area contributed by atoms with E-state index in [0.29, 0.717) is 0 Å². The van der Waals surface area contributed by atoms with Crippen molar-refractivity contribution in [1.82, 2.24) is 0 Å². The molecule has 0 aliphatic heterocycles. The molecule has 16 heavy (non-hydrogen) atoms. The molecule has 3 nitrogen and oxygen atoms in total. The fourth-order valence-corrected chi connectivity index (χ4v) is 1.10. The lowest BCUT2D eigenvalue weighted by molar-refractivity contribution is -0.196. The Morgan fingerprint density at radius 1 is 1.06 bits per heavy atom. The van der Waals surface area contributed by atoms with Crippen LogP contribution < -0.4 is 0 Å². The van der Waals surface area contributed by atoms with Crippen molar-refractivity contribution < 1.29 is 14.6 Å². The Balaban J connectivity index is 4.72. The van der Waals surface area contributed by atoms with Crippen molar-refractivity contribution in [2.75, 3.05) is 13.7 Å². The zero-order valence-corrected chi connectivity index (χ0v) is 12.0. The average molecular weight is 232 g/mol. The van der Waals surface area contributed by atoms with Crippen LogP contribution in [-0.4, -0.2) is 36.1 Å². The maximum absolute atomic E-state index is 9.39. The summed E-state index contributed by atoms with van der Waals surface area (Å²) < 4.78 is 11.5. The molecule has 0 amide bonds. The van der Waals surface area contributed by atoms with Crippen molar-refractivity contribution >= 4 is 0 Å². The zero-order chi connectivity index (χ0) is 13.2. The molecule has 0 aliphatic rings. The second-order valence-electron chi connectivity index (χ2n) is 6.12. The summed E-state index contributed by atoms with van der Waals surface area (Å²) in [4.78, 5) is 0. The summed E-state index contributed by atoms with van der Waals surface area (Å²) in [6, 6.07) is 0. The molecule has 0 saturated carbocycles. The minimum absolute atomic E-state index is 0.0432. The van der Waals surface area contributed by atoms with Gasteiger partial charge in [0.2, 0.25) is 0 Å². The number of hydrogen-bond acceptors (Lipinski definition) is 3. The predicted molar refractivity (Wildman–Crippen MR) is 66.6 cm³/mol. The fourth-order valence-electron chi connectivity index (χ4n) is 1.10. The van der Waals surface area contributed by atoms with Gasteiger partial charge in [-0.1, -0.05) is 13.8 Å². The summed E-state index contributed by atoms with van der Waals surface area (Å²) in [5, 5.41) is 9.39. The van der Waals surface area contributed by atoms with Crippen LogP contribution in [0.2, 0.25) is 0 Å². The van der Waals surface area contributed by atoms with Crippen LogP contribution in [0, 0.1) is 5.41 Å². The van der Waals surface area contributed by atoms with Crippen LogP contribution in [0.1, 0.15) is 48.5 Å². The van der Waals surface area contributed by atoms with Crippen molar-refractivity contribution in [3.8, 4) is 0 Å². The largest absolute Gasteiger partial charge is 0.396 e. The lowest BCUT2D eigenvalue weighted by Gasteiger charge is -2.44. The molecule has 0 aromatic carbocycles. The molecule has 0 saturated heterocycles. The molecule has 0 rings (SSSR count). The molecule has 1 atom stereocenters. The highest BCUT2D eigenvalue weighted by atomic mass is 16.6. The zero-order valence-electron chi connectivity index (χ0n) is 12.0. The lowest BCUT2D eigenvalue weighted by atomic mass is 9.77. The third-order valence-corrected chi connectivity index (χ3v) is 4.00. The summed E-state index contributed by atoms with van der Waals surface area (Å²) in [6.07, 6.45) is -0.0432. The molecule has 0 aromatic rings. The first-order chi connectivity index (χ1) is 7.00. The molecule has 1 N–H and O–H groups in total. The van der Waals surface area contributed by atoms with Gasteiger partial charge in [0.1, 0.15) is 0 Å². The maximum Gasteiger partial charge on any atom is 0.0880 e. The number of aliphatic hydroxyl groups is 1. The number of aliphatic hydroxyl groups excluding tert-OH is 1. The Labute approximate surface area is 100 Å². The summed E-state index contributed by atoms with van der Waals surface area (Å²) in [7, 11) is 1.68. The minimum Gasteiger partial charge on any atom is -0.396 e. The Kier molecular flexibility index (Phi) is 4.99. The fraction of sp³-hybridized carbons (Fsp3) is 1.00. The van der Waals surface area contributed by atoms with Crippen LogP contribution in [0.3, 0.4) is 0 Å². The second-order valence-corrected chi connectivity index (χ2v) is 6.12. The molecule has 0 aliphatic carbocycles. The van der Waals surface area contributed by atoms with E-state index in [4.69, 9.17) is 9.47 Å². The Morgan fingerprint density at radius 2 is 1.50 bits per heavy atom. The summed E-state index contributed by atoms with van der Waals surface area (Å²) >= 11 is 0. The van der Waals surface area contributed by atoms with Gasteiger partial charge in [0, 0.05) is 12.5 Å². The van der Waals surface area contributed by atoms with E-state index in [-0.39, 0.29) is 23.7 Å².